The lowest BCUT2D eigenvalue weighted by molar-refractivity contribution is 0.0643. The average molecular weight is 279 g/mol. The minimum atomic E-state index is -1.62. The van der Waals surface area contributed by atoms with E-state index in [0.717, 1.165) is 0 Å². The summed E-state index contributed by atoms with van der Waals surface area (Å²) in [5, 5.41) is 18.5. The summed E-state index contributed by atoms with van der Waals surface area (Å²) in [5.41, 5.74) is 0.707. The van der Waals surface area contributed by atoms with Crippen LogP contribution in [0.4, 0.5) is 0 Å². The minimum absolute atomic E-state index is 0.0802. The van der Waals surface area contributed by atoms with Crippen LogP contribution >= 0.6 is 0 Å². The zero-order valence-corrected chi connectivity index (χ0v) is 12.6. The Hall–Kier alpha value is -1.53. The highest BCUT2D eigenvalue weighted by Crippen LogP contribution is 2.16. The van der Waals surface area contributed by atoms with Crippen LogP contribution in [0, 0.1) is 0 Å². The summed E-state index contributed by atoms with van der Waals surface area (Å²) in [5.74, 6) is 0.186. The Bertz CT molecular complexity index is 466. The maximum atomic E-state index is 12.5. The van der Waals surface area contributed by atoms with E-state index in [2.05, 4.69) is 0 Å². The van der Waals surface area contributed by atoms with E-state index in [1.807, 2.05) is 27.7 Å². The first-order valence-electron chi connectivity index (χ1n) is 6.66. The summed E-state index contributed by atoms with van der Waals surface area (Å²) >= 11 is 0. The average Bonchev–Trinajstić information content (AvgIpc) is 2.36. The van der Waals surface area contributed by atoms with Gasteiger partial charge in [-0.15, -0.1) is 0 Å². The lowest BCUT2D eigenvalue weighted by Crippen LogP contribution is -2.42. The van der Waals surface area contributed by atoms with Crippen LogP contribution in [-0.2, 0) is 0 Å². The molecule has 0 radical (unpaired) electrons. The number of methoxy groups -OCH3 is 1. The molecule has 0 atom stereocenters. The van der Waals surface area contributed by atoms with Gasteiger partial charge in [-0.1, -0.05) is 6.07 Å². The molecule has 5 nitrogen and oxygen atoms in total. The van der Waals surface area contributed by atoms with E-state index in [0.29, 0.717) is 11.3 Å². The number of benzene rings is 1. The smallest absolute Gasteiger partial charge is 0.492 e. The van der Waals surface area contributed by atoms with Crippen LogP contribution in [0.2, 0.25) is 0 Å². The Balaban J connectivity index is 3.17. The van der Waals surface area contributed by atoms with Gasteiger partial charge < -0.3 is 19.7 Å². The van der Waals surface area contributed by atoms with E-state index in [4.69, 9.17) is 4.74 Å². The fourth-order valence-electron chi connectivity index (χ4n) is 2.27. The van der Waals surface area contributed by atoms with E-state index in [-0.39, 0.29) is 23.5 Å². The van der Waals surface area contributed by atoms with Gasteiger partial charge in [-0.3, -0.25) is 4.79 Å². The van der Waals surface area contributed by atoms with E-state index < -0.39 is 7.12 Å². The zero-order chi connectivity index (χ0) is 15.4. The molecule has 1 aromatic rings. The van der Waals surface area contributed by atoms with Gasteiger partial charge >= 0.3 is 7.12 Å². The first-order valence-corrected chi connectivity index (χ1v) is 6.66. The highest BCUT2D eigenvalue weighted by molar-refractivity contribution is 6.59. The minimum Gasteiger partial charge on any atom is -0.497 e. The van der Waals surface area contributed by atoms with Crippen molar-refractivity contribution in [3.63, 3.8) is 0 Å². The van der Waals surface area contributed by atoms with Crippen LogP contribution in [0.15, 0.2) is 18.2 Å². The molecule has 0 spiro atoms. The molecule has 6 heteroatoms. The fourth-order valence-corrected chi connectivity index (χ4v) is 2.27. The van der Waals surface area contributed by atoms with Gasteiger partial charge in [0.2, 0.25) is 0 Å². The molecule has 0 aliphatic carbocycles. The van der Waals surface area contributed by atoms with Crippen molar-refractivity contribution in [2.75, 3.05) is 7.11 Å². The molecular formula is C14H22BNO4. The molecule has 0 aliphatic rings. The maximum Gasteiger partial charge on any atom is 0.492 e. The quantitative estimate of drug-likeness (QED) is 0.776. The number of hydrogen-bond donors (Lipinski definition) is 2. The molecule has 1 rings (SSSR count). The molecule has 2 N–H and O–H groups in total. The molecule has 0 aromatic heterocycles. The Morgan fingerprint density at radius 3 is 2.15 bits per heavy atom. The van der Waals surface area contributed by atoms with Crippen molar-refractivity contribution in [3.05, 3.63) is 23.8 Å². The first-order chi connectivity index (χ1) is 9.29. The number of rotatable bonds is 5. The topological polar surface area (TPSA) is 70.0 Å². The van der Waals surface area contributed by atoms with Crippen molar-refractivity contribution in [1.29, 1.82) is 0 Å². The number of carbonyl (C=O) groups excluding carboxylic acids is 1. The van der Waals surface area contributed by atoms with Crippen molar-refractivity contribution in [3.8, 4) is 5.75 Å². The van der Waals surface area contributed by atoms with Crippen molar-refractivity contribution in [1.82, 2.24) is 4.90 Å². The molecule has 110 valence electrons. The Labute approximate surface area is 120 Å². The Morgan fingerprint density at radius 1 is 1.20 bits per heavy atom. The van der Waals surface area contributed by atoms with E-state index >= 15 is 0 Å². The third-order valence-corrected chi connectivity index (χ3v) is 3.11. The summed E-state index contributed by atoms with van der Waals surface area (Å²) in [4.78, 5) is 14.3. The maximum absolute atomic E-state index is 12.5. The summed E-state index contributed by atoms with van der Waals surface area (Å²) in [6.07, 6.45) is 0. The van der Waals surface area contributed by atoms with Crippen LogP contribution in [0.5, 0.6) is 5.75 Å². The van der Waals surface area contributed by atoms with Gasteiger partial charge in [-0.05, 0) is 39.8 Å². The predicted molar refractivity (Wildman–Crippen MR) is 79.3 cm³/mol. The lowest BCUT2D eigenvalue weighted by atomic mass is 9.79. The second-order valence-corrected chi connectivity index (χ2v) is 5.23. The van der Waals surface area contributed by atoms with Gasteiger partial charge in [0.15, 0.2) is 0 Å². The summed E-state index contributed by atoms with van der Waals surface area (Å²) in [6.45, 7) is 7.84. The fraction of sp³-hybridized carbons (Fsp3) is 0.500. The van der Waals surface area contributed by atoms with Crippen LogP contribution in [0.1, 0.15) is 38.1 Å². The molecule has 20 heavy (non-hydrogen) atoms. The monoisotopic (exact) mass is 279 g/mol. The second kappa shape index (κ2) is 6.77. The third-order valence-electron chi connectivity index (χ3n) is 3.11. The van der Waals surface area contributed by atoms with E-state index in [9.17, 15) is 14.8 Å². The van der Waals surface area contributed by atoms with Crippen molar-refractivity contribution < 1.29 is 19.6 Å². The van der Waals surface area contributed by atoms with Crippen molar-refractivity contribution in [2.24, 2.45) is 0 Å². The molecule has 0 heterocycles. The molecule has 0 bridgehead atoms. The second-order valence-electron chi connectivity index (χ2n) is 5.23. The highest BCUT2D eigenvalue weighted by Gasteiger charge is 2.24. The number of amides is 1. The third kappa shape index (κ3) is 3.52. The van der Waals surface area contributed by atoms with Crippen LogP contribution in [0.25, 0.3) is 0 Å². The Kier molecular flexibility index (Phi) is 5.59. The lowest BCUT2D eigenvalue weighted by Gasteiger charge is -2.31. The van der Waals surface area contributed by atoms with E-state index in [1.54, 1.807) is 11.0 Å². The largest absolute Gasteiger partial charge is 0.497 e. The molecule has 0 unspecified atom stereocenters. The standard InChI is InChI=1S/C14H22BNO4/c1-9(2)16(10(3)4)14(17)11-6-7-12(15(18)19)13(8-11)20-5/h6-10,18-19H,1-5H3. The number of ether oxygens (including phenoxy) is 1. The van der Waals surface area contributed by atoms with Crippen molar-refractivity contribution in [2.45, 2.75) is 39.8 Å². The van der Waals surface area contributed by atoms with Crippen LogP contribution in [0.3, 0.4) is 0 Å². The normalized spacial score (nSPS) is 10.8. The number of hydrogen-bond acceptors (Lipinski definition) is 4. The molecule has 1 amide bonds. The number of nitrogens with zero attached hydrogens (tertiary/aromatic N) is 1. The van der Waals surface area contributed by atoms with Gasteiger partial charge in [0.25, 0.3) is 5.91 Å². The SMILES string of the molecule is COc1cc(C(=O)N(C(C)C)C(C)C)ccc1B(O)O. The zero-order valence-electron chi connectivity index (χ0n) is 12.6. The molecular weight excluding hydrogens is 257 g/mol. The van der Waals surface area contributed by atoms with Crippen molar-refractivity contribution >= 4 is 18.5 Å². The molecule has 0 saturated carbocycles. The summed E-state index contributed by atoms with van der Waals surface area (Å²) < 4.78 is 5.11. The molecule has 1 aromatic carbocycles. The highest BCUT2D eigenvalue weighted by atomic mass is 16.5. The van der Waals surface area contributed by atoms with Gasteiger partial charge in [0.1, 0.15) is 5.75 Å². The predicted octanol–water partition coefficient (Wildman–Crippen LogP) is 0.634. The van der Waals surface area contributed by atoms with Gasteiger partial charge in [0.05, 0.1) is 7.11 Å². The molecule has 0 saturated heterocycles. The first kappa shape index (κ1) is 16.5. The van der Waals surface area contributed by atoms with Crippen LogP contribution < -0.4 is 10.2 Å². The Morgan fingerprint density at radius 2 is 1.75 bits per heavy atom. The molecule has 0 aliphatic heterocycles. The van der Waals surface area contributed by atoms with Gasteiger partial charge in [-0.2, -0.15) is 0 Å². The summed E-state index contributed by atoms with van der Waals surface area (Å²) in [7, 11) is -0.196. The van der Waals surface area contributed by atoms with Crippen LogP contribution in [-0.4, -0.2) is 47.2 Å². The number of carbonyl (C=O) groups is 1. The van der Waals surface area contributed by atoms with Gasteiger partial charge in [0, 0.05) is 23.1 Å². The summed E-state index contributed by atoms with van der Waals surface area (Å²) in [6, 6.07) is 4.77. The van der Waals surface area contributed by atoms with Gasteiger partial charge in [-0.25, -0.2) is 0 Å². The van der Waals surface area contributed by atoms with E-state index in [1.165, 1.54) is 19.2 Å². The molecule has 0 fully saturated rings.